The van der Waals surface area contributed by atoms with E-state index in [4.69, 9.17) is 27.9 Å². The summed E-state index contributed by atoms with van der Waals surface area (Å²) in [5.41, 5.74) is 0.919. The van der Waals surface area contributed by atoms with E-state index < -0.39 is 0 Å². The minimum atomic E-state index is -0.238. The van der Waals surface area contributed by atoms with Crippen LogP contribution in [-0.4, -0.2) is 28.3 Å². The molecule has 118 valence electrons. The lowest BCUT2D eigenvalue weighted by Crippen LogP contribution is -2.29. The molecule has 1 aromatic carbocycles. The molecule has 8 heteroatoms. The van der Waals surface area contributed by atoms with Crippen molar-refractivity contribution in [3.63, 3.8) is 0 Å². The molecule has 0 atom stereocenters. The first-order chi connectivity index (χ1) is 10.5. The first-order valence-corrected chi connectivity index (χ1v) is 8.38. The van der Waals surface area contributed by atoms with Gasteiger partial charge in [0, 0.05) is 12.1 Å². The number of carbonyl (C=O) groups is 1. The number of rotatable bonds is 6. The molecule has 0 fully saturated rings. The molecular weight excluding hydrogens is 345 g/mol. The van der Waals surface area contributed by atoms with Crippen LogP contribution in [0.2, 0.25) is 10.0 Å². The average Bonchev–Trinajstić information content (AvgIpc) is 2.84. The van der Waals surface area contributed by atoms with Gasteiger partial charge in [0.2, 0.25) is 0 Å². The Morgan fingerprint density at radius 2 is 2.23 bits per heavy atom. The van der Waals surface area contributed by atoms with Crippen LogP contribution in [0.15, 0.2) is 29.6 Å². The number of imidazole rings is 1. The number of amides is 1. The molecule has 0 bridgehead atoms. The van der Waals surface area contributed by atoms with Crippen molar-refractivity contribution in [3.8, 4) is 5.75 Å². The maximum absolute atomic E-state index is 11.8. The highest BCUT2D eigenvalue weighted by atomic mass is 35.5. The molecule has 1 N–H and O–H groups in total. The number of nitrogens with one attached hydrogen (secondary N) is 1. The van der Waals surface area contributed by atoms with Gasteiger partial charge in [-0.1, -0.05) is 35.0 Å². The number of nitrogens with zero attached hydrogens (tertiary/aromatic N) is 2. The van der Waals surface area contributed by atoms with Gasteiger partial charge in [-0.15, -0.1) is 0 Å². The largest absolute Gasteiger partial charge is 0.482 e. The predicted molar refractivity (Wildman–Crippen MR) is 88.8 cm³/mol. The normalized spacial score (nSPS) is 10.5. The average molecular weight is 360 g/mol. The minimum Gasteiger partial charge on any atom is -0.482 e. The Kier molecular flexibility index (Phi) is 5.99. The van der Waals surface area contributed by atoms with Crippen LogP contribution in [0.3, 0.4) is 0 Å². The van der Waals surface area contributed by atoms with Crippen molar-refractivity contribution < 1.29 is 9.53 Å². The highest BCUT2D eigenvalue weighted by Gasteiger charge is 2.09. The van der Waals surface area contributed by atoms with Crippen LogP contribution in [0.4, 0.5) is 0 Å². The van der Waals surface area contributed by atoms with Crippen LogP contribution in [0, 0.1) is 0 Å². The van der Waals surface area contributed by atoms with Gasteiger partial charge >= 0.3 is 0 Å². The Bertz CT molecular complexity index is 676. The molecule has 1 aromatic heterocycles. The molecule has 0 saturated carbocycles. The maximum Gasteiger partial charge on any atom is 0.258 e. The van der Waals surface area contributed by atoms with Gasteiger partial charge in [0.25, 0.3) is 5.91 Å². The minimum absolute atomic E-state index is 0.116. The molecule has 0 unspecified atom stereocenters. The van der Waals surface area contributed by atoms with Gasteiger partial charge in [-0.25, -0.2) is 4.98 Å². The SMILES string of the molecule is CSc1ncc(CNC(=O)COc2ccc(Cl)cc2Cl)n1C. The van der Waals surface area contributed by atoms with Crippen LogP contribution >= 0.6 is 35.0 Å². The molecule has 22 heavy (non-hydrogen) atoms. The van der Waals surface area contributed by atoms with Gasteiger partial charge < -0.3 is 14.6 Å². The second kappa shape index (κ2) is 7.76. The molecule has 1 heterocycles. The summed E-state index contributed by atoms with van der Waals surface area (Å²) in [6.45, 7) is 0.273. The summed E-state index contributed by atoms with van der Waals surface area (Å²) < 4.78 is 7.30. The Labute approximate surface area is 143 Å². The number of hydrogen-bond acceptors (Lipinski definition) is 4. The summed E-state index contributed by atoms with van der Waals surface area (Å²) in [4.78, 5) is 16.1. The molecule has 1 amide bonds. The highest BCUT2D eigenvalue weighted by molar-refractivity contribution is 7.98. The van der Waals surface area contributed by atoms with E-state index in [1.54, 1.807) is 36.2 Å². The lowest BCUT2D eigenvalue weighted by Gasteiger charge is -2.09. The fourth-order valence-electron chi connectivity index (χ4n) is 1.76. The predicted octanol–water partition coefficient (Wildman–Crippen LogP) is 3.14. The molecule has 0 aliphatic carbocycles. The number of ether oxygens (including phenoxy) is 1. The summed E-state index contributed by atoms with van der Waals surface area (Å²) in [6.07, 6.45) is 3.69. The van der Waals surface area contributed by atoms with Crippen molar-refractivity contribution >= 4 is 40.9 Å². The molecular formula is C14H15Cl2N3O2S. The third-order valence-electron chi connectivity index (χ3n) is 2.94. The van der Waals surface area contributed by atoms with Crippen LogP contribution in [-0.2, 0) is 18.4 Å². The highest BCUT2D eigenvalue weighted by Crippen LogP contribution is 2.27. The van der Waals surface area contributed by atoms with E-state index in [0.29, 0.717) is 22.3 Å². The van der Waals surface area contributed by atoms with E-state index in [1.165, 1.54) is 0 Å². The molecule has 0 aliphatic heterocycles. The summed E-state index contributed by atoms with van der Waals surface area (Å²) >= 11 is 13.3. The quantitative estimate of drug-likeness (QED) is 0.805. The van der Waals surface area contributed by atoms with Gasteiger partial charge in [-0.3, -0.25) is 4.79 Å². The summed E-state index contributed by atoms with van der Waals surface area (Å²) in [5.74, 6) is 0.185. The monoisotopic (exact) mass is 359 g/mol. The second-order valence-electron chi connectivity index (χ2n) is 4.44. The van der Waals surface area contributed by atoms with Gasteiger partial charge in [-0.05, 0) is 24.5 Å². The Morgan fingerprint density at radius 3 is 2.86 bits per heavy atom. The second-order valence-corrected chi connectivity index (χ2v) is 6.05. The standard InChI is InChI=1S/C14H15Cl2N3O2S/c1-19-10(7-18-14(19)22-2)6-17-13(20)8-21-12-4-3-9(15)5-11(12)16/h3-5,7H,6,8H2,1-2H3,(H,17,20). The molecule has 0 saturated heterocycles. The molecule has 0 radical (unpaired) electrons. The maximum atomic E-state index is 11.8. The molecule has 0 aliphatic rings. The number of carbonyl (C=O) groups excluding carboxylic acids is 1. The summed E-state index contributed by atoms with van der Waals surface area (Å²) in [6, 6.07) is 4.85. The van der Waals surface area contributed by atoms with Crippen molar-refractivity contribution in [1.82, 2.24) is 14.9 Å². The first kappa shape index (κ1) is 17.0. The fraction of sp³-hybridized carbons (Fsp3) is 0.286. The van der Waals surface area contributed by atoms with Gasteiger partial charge in [0.05, 0.1) is 23.5 Å². The van der Waals surface area contributed by atoms with E-state index in [1.807, 2.05) is 17.9 Å². The number of thioether (sulfide) groups is 1. The number of benzene rings is 1. The third kappa shape index (κ3) is 4.32. The smallest absolute Gasteiger partial charge is 0.258 e. The Balaban J connectivity index is 1.84. The molecule has 5 nitrogen and oxygen atoms in total. The number of halogens is 2. The van der Waals surface area contributed by atoms with E-state index in [0.717, 1.165) is 10.9 Å². The third-order valence-corrected chi connectivity index (χ3v) is 4.22. The van der Waals surface area contributed by atoms with E-state index in [-0.39, 0.29) is 12.5 Å². The van der Waals surface area contributed by atoms with E-state index in [2.05, 4.69) is 10.3 Å². The van der Waals surface area contributed by atoms with Crippen molar-refractivity contribution in [1.29, 1.82) is 0 Å². The van der Waals surface area contributed by atoms with E-state index in [9.17, 15) is 4.79 Å². The Morgan fingerprint density at radius 1 is 1.45 bits per heavy atom. The molecule has 0 spiro atoms. The number of hydrogen-bond donors (Lipinski definition) is 1. The zero-order chi connectivity index (χ0) is 16.1. The molecule has 2 aromatic rings. The van der Waals surface area contributed by atoms with Crippen molar-refractivity contribution in [2.24, 2.45) is 7.05 Å². The molecule has 2 rings (SSSR count). The van der Waals surface area contributed by atoms with E-state index >= 15 is 0 Å². The van der Waals surface area contributed by atoms with Crippen LogP contribution in [0.1, 0.15) is 5.69 Å². The van der Waals surface area contributed by atoms with Crippen molar-refractivity contribution in [3.05, 3.63) is 40.1 Å². The first-order valence-electron chi connectivity index (χ1n) is 6.40. The zero-order valence-corrected chi connectivity index (χ0v) is 14.4. The van der Waals surface area contributed by atoms with Crippen LogP contribution in [0.5, 0.6) is 5.75 Å². The number of aromatic nitrogens is 2. The zero-order valence-electron chi connectivity index (χ0n) is 12.1. The van der Waals surface area contributed by atoms with Gasteiger partial charge in [-0.2, -0.15) is 0 Å². The summed E-state index contributed by atoms with van der Waals surface area (Å²) in [5, 5.41) is 4.56. The van der Waals surface area contributed by atoms with Crippen molar-refractivity contribution in [2.45, 2.75) is 11.7 Å². The lowest BCUT2D eigenvalue weighted by atomic mass is 10.3. The van der Waals surface area contributed by atoms with Crippen LogP contribution < -0.4 is 10.1 Å². The topological polar surface area (TPSA) is 56.1 Å². The van der Waals surface area contributed by atoms with Crippen molar-refractivity contribution in [2.75, 3.05) is 12.9 Å². The Hall–Kier alpha value is -1.37. The summed E-state index contributed by atoms with van der Waals surface area (Å²) in [7, 11) is 1.91. The van der Waals surface area contributed by atoms with Gasteiger partial charge in [0.1, 0.15) is 5.75 Å². The van der Waals surface area contributed by atoms with Crippen LogP contribution in [0.25, 0.3) is 0 Å². The lowest BCUT2D eigenvalue weighted by molar-refractivity contribution is -0.123. The van der Waals surface area contributed by atoms with Gasteiger partial charge in [0.15, 0.2) is 11.8 Å². The fourth-order valence-corrected chi connectivity index (χ4v) is 2.77.